The fraction of sp³-hybridized carbons (Fsp3) is 0.333. The zero-order valence-electron chi connectivity index (χ0n) is 12.6. The molecular formula is C18H22ClNO. The molecule has 0 heterocycles. The van der Waals surface area contributed by atoms with Crippen molar-refractivity contribution in [2.45, 2.75) is 32.9 Å². The molecule has 2 nitrogen and oxygen atoms in total. The third kappa shape index (κ3) is 4.76. The molecule has 0 saturated carbocycles. The first-order valence-electron chi connectivity index (χ1n) is 7.27. The molecule has 0 aliphatic rings. The highest BCUT2D eigenvalue weighted by Gasteiger charge is 2.10. The summed E-state index contributed by atoms with van der Waals surface area (Å²) in [6, 6.07) is 16.1. The first-order valence-corrected chi connectivity index (χ1v) is 7.65. The Labute approximate surface area is 131 Å². The van der Waals surface area contributed by atoms with Gasteiger partial charge in [0.15, 0.2) is 0 Å². The maximum Gasteiger partial charge on any atom is 0.138 e. The summed E-state index contributed by atoms with van der Waals surface area (Å²) >= 11 is 6.21. The van der Waals surface area contributed by atoms with Gasteiger partial charge in [-0.3, -0.25) is 0 Å². The van der Waals surface area contributed by atoms with Crippen molar-refractivity contribution in [1.82, 2.24) is 0 Å². The van der Waals surface area contributed by atoms with Crippen molar-refractivity contribution in [3.05, 3.63) is 64.7 Å². The SMILES string of the molecule is CC(C)C(N)Cc1ccc(Cl)c(OCc2ccccc2)c1. The van der Waals surface area contributed by atoms with Crippen molar-refractivity contribution in [3.63, 3.8) is 0 Å². The summed E-state index contributed by atoms with van der Waals surface area (Å²) in [5.74, 6) is 1.17. The summed E-state index contributed by atoms with van der Waals surface area (Å²) in [6.07, 6.45) is 0.830. The highest BCUT2D eigenvalue weighted by atomic mass is 35.5. The largest absolute Gasteiger partial charge is 0.487 e. The molecule has 0 bridgehead atoms. The van der Waals surface area contributed by atoms with Crippen molar-refractivity contribution in [3.8, 4) is 5.75 Å². The van der Waals surface area contributed by atoms with E-state index in [-0.39, 0.29) is 6.04 Å². The minimum absolute atomic E-state index is 0.146. The minimum Gasteiger partial charge on any atom is -0.487 e. The lowest BCUT2D eigenvalue weighted by Gasteiger charge is -2.16. The van der Waals surface area contributed by atoms with Crippen LogP contribution in [0.5, 0.6) is 5.75 Å². The van der Waals surface area contributed by atoms with E-state index in [1.165, 1.54) is 0 Å². The number of hydrogen-bond acceptors (Lipinski definition) is 2. The van der Waals surface area contributed by atoms with Crippen LogP contribution in [0.2, 0.25) is 5.02 Å². The van der Waals surface area contributed by atoms with Gasteiger partial charge in [-0.05, 0) is 35.6 Å². The normalized spacial score (nSPS) is 12.4. The Hall–Kier alpha value is -1.51. The molecule has 0 aliphatic heterocycles. The van der Waals surface area contributed by atoms with E-state index < -0.39 is 0 Å². The van der Waals surface area contributed by atoms with E-state index in [0.29, 0.717) is 23.3 Å². The van der Waals surface area contributed by atoms with E-state index in [9.17, 15) is 0 Å². The lowest BCUT2D eigenvalue weighted by Crippen LogP contribution is -2.28. The van der Waals surface area contributed by atoms with Crippen molar-refractivity contribution in [2.75, 3.05) is 0 Å². The predicted octanol–water partition coefficient (Wildman–Crippen LogP) is 4.44. The van der Waals surface area contributed by atoms with Gasteiger partial charge in [0, 0.05) is 6.04 Å². The number of nitrogens with two attached hydrogens (primary N) is 1. The average Bonchev–Trinajstić information content (AvgIpc) is 2.48. The highest BCUT2D eigenvalue weighted by Crippen LogP contribution is 2.27. The second-order valence-corrected chi connectivity index (χ2v) is 6.06. The van der Waals surface area contributed by atoms with Gasteiger partial charge in [-0.15, -0.1) is 0 Å². The van der Waals surface area contributed by atoms with Crippen LogP contribution in [0.3, 0.4) is 0 Å². The first-order chi connectivity index (χ1) is 10.1. The molecule has 0 aromatic heterocycles. The van der Waals surface area contributed by atoms with Crippen LogP contribution < -0.4 is 10.5 Å². The summed E-state index contributed by atoms with van der Waals surface area (Å²) < 4.78 is 5.83. The van der Waals surface area contributed by atoms with Gasteiger partial charge in [0.1, 0.15) is 12.4 Å². The molecule has 2 N–H and O–H groups in total. The molecule has 2 aromatic carbocycles. The van der Waals surface area contributed by atoms with Gasteiger partial charge in [0.05, 0.1) is 5.02 Å². The number of rotatable bonds is 6. The van der Waals surface area contributed by atoms with Gasteiger partial charge in [0.2, 0.25) is 0 Å². The van der Waals surface area contributed by atoms with Crippen LogP contribution in [0, 0.1) is 5.92 Å². The summed E-state index contributed by atoms with van der Waals surface area (Å²) in [5, 5.41) is 0.632. The van der Waals surface area contributed by atoms with Gasteiger partial charge < -0.3 is 10.5 Å². The standard InChI is InChI=1S/C18H22ClNO/c1-13(2)17(20)10-15-8-9-16(19)18(11-15)21-12-14-6-4-3-5-7-14/h3-9,11,13,17H,10,12,20H2,1-2H3. The van der Waals surface area contributed by atoms with Crippen molar-refractivity contribution >= 4 is 11.6 Å². The van der Waals surface area contributed by atoms with E-state index in [2.05, 4.69) is 13.8 Å². The highest BCUT2D eigenvalue weighted by molar-refractivity contribution is 6.32. The van der Waals surface area contributed by atoms with Crippen molar-refractivity contribution < 1.29 is 4.74 Å². The third-order valence-electron chi connectivity index (χ3n) is 3.56. The van der Waals surface area contributed by atoms with E-state index in [1.54, 1.807) is 0 Å². The Morgan fingerprint density at radius 1 is 1.05 bits per heavy atom. The number of hydrogen-bond donors (Lipinski definition) is 1. The van der Waals surface area contributed by atoms with E-state index >= 15 is 0 Å². The molecule has 21 heavy (non-hydrogen) atoms. The number of benzene rings is 2. The fourth-order valence-corrected chi connectivity index (χ4v) is 2.20. The van der Waals surface area contributed by atoms with Crippen LogP contribution in [0.15, 0.2) is 48.5 Å². The quantitative estimate of drug-likeness (QED) is 0.856. The van der Waals surface area contributed by atoms with Crippen LogP contribution in [-0.2, 0) is 13.0 Å². The summed E-state index contributed by atoms with van der Waals surface area (Å²) in [6.45, 7) is 4.78. The summed E-state index contributed by atoms with van der Waals surface area (Å²) in [4.78, 5) is 0. The second kappa shape index (κ2) is 7.48. The van der Waals surface area contributed by atoms with Crippen LogP contribution in [0.1, 0.15) is 25.0 Å². The van der Waals surface area contributed by atoms with Crippen molar-refractivity contribution in [1.29, 1.82) is 0 Å². The van der Waals surface area contributed by atoms with E-state index in [1.807, 2.05) is 48.5 Å². The van der Waals surface area contributed by atoms with E-state index in [0.717, 1.165) is 17.5 Å². The Bertz CT molecular complexity index is 569. The molecule has 0 aliphatic carbocycles. The molecule has 1 unspecified atom stereocenters. The van der Waals surface area contributed by atoms with Gasteiger partial charge in [-0.2, -0.15) is 0 Å². The lowest BCUT2D eigenvalue weighted by atomic mass is 9.97. The minimum atomic E-state index is 0.146. The molecule has 0 radical (unpaired) electrons. The topological polar surface area (TPSA) is 35.2 Å². The summed E-state index contributed by atoms with van der Waals surface area (Å²) in [5.41, 5.74) is 8.41. The maximum atomic E-state index is 6.21. The van der Waals surface area contributed by atoms with Crippen LogP contribution in [0.25, 0.3) is 0 Å². The Balaban J connectivity index is 2.05. The van der Waals surface area contributed by atoms with Gasteiger partial charge in [-0.25, -0.2) is 0 Å². The second-order valence-electron chi connectivity index (χ2n) is 5.65. The Morgan fingerprint density at radius 3 is 2.43 bits per heavy atom. The molecule has 0 spiro atoms. The zero-order valence-corrected chi connectivity index (χ0v) is 13.3. The van der Waals surface area contributed by atoms with Crippen LogP contribution in [0.4, 0.5) is 0 Å². The maximum absolute atomic E-state index is 6.21. The monoisotopic (exact) mass is 303 g/mol. The zero-order chi connectivity index (χ0) is 15.2. The van der Waals surface area contributed by atoms with Crippen molar-refractivity contribution in [2.24, 2.45) is 11.7 Å². The molecular weight excluding hydrogens is 282 g/mol. The molecule has 2 rings (SSSR count). The molecule has 3 heteroatoms. The Kier molecular flexibility index (Phi) is 5.66. The Morgan fingerprint density at radius 2 is 1.76 bits per heavy atom. The molecule has 0 saturated heterocycles. The molecule has 0 amide bonds. The van der Waals surface area contributed by atoms with Crippen LogP contribution in [-0.4, -0.2) is 6.04 Å². The van der Waals surface area contributed by atoms with E-state index in [4.69, 9.17) is 22.1 Å². The predicted molar refractivity (Wildman–Crippen MR) is 88.7 cm³/mol. The molecule has 0 fully saturated rings. The number of halogens is 1. The average molecular weight is 304 g/mol. The third-order valence-corrected chi connectivity index (χ3v) is 3.87. The van der Waals surface area contributed by atoms with Gasteiger partial charge in [0.25, 0.3) is 0 Å². The number of ether oxygens (including phenoxy) is 1. The van der Waals surface area contributed by atoms with Crippen LogP contribution >= 0.6 is 11.6 Å². The fourth-order valence-electron chi connectivity index (χ4n) is 2.03. The molecule has 2 aromatic rings. The summed E-state index contributed by atoms with van der Waals surface area (Å²) in [7, 11) is 0. The lowest BCUT2D eigenvalue weighted by molar-refractivity contribution is 0.306. The first kappa shape index (κ1) is 15.9. The van der Waals surface area contributed by atoms with Gasteiger partial charge in [-0.1, -0.05) is 61.8 Å². The molecule has 1 atom stereocenters. The van der Waals surface area contributed by atoms with Gasteiger partial charge >= 0.3 is 0 Å². The molecule has 112 valence electrons. The smallest absolute Gasteiger partial charge is 0.138 e.